The summed E-state index contributed by atoms with van der Waals surface area (Å²) < 4.78 is 0. The molecule has 0 saturated heterocycles. The number of halogens is 2. The second-order valence-corrected chi connectivity index (χ2v) is 7.69. The SMILES string of the molecule is Cc1cc(Cl)ncc1-c1cc(CNc2ccccc2CCCC(=O)O)ccc1Cl. The van der Waals surface area contributed by atoms with Gasteiger partial charge in [0.2, 0.25) is 0 Å². The average Bonchev–Trinajstić information content (AvgIpc) is 2.68. The Labute approximate surface area is 180 Å². The fourth-order valence-electron chi connectivity index (χ4n) is 3.23. The van der Waals surface area contributed by atoms with Gasteiger partial charge in [-0.2, -0.15) is 0 Å². The van der Waals surface area contributed by atoms with Gasteiger partial charge in [-0.3, -0.25) is 4.79 Å². The molecule has 0 amide bonds. The molecule has 0 bridgehead atoms. The molecule has 1 heterocycles. The van der Waals surface area contributed by atoms with Crippen LogP contribution in [0.1, 0.15) is 29.5 Å². The lowest BCUT2D eigenvalue weighted by Crippen LogP contribution is -2.04. The van der Waals surface area contributed by atoms with Gasteiger partial charge >= 0.3 is 5.97 Å². The van der Waals surface area contributed by atoms with Crippen molar-refractivity contribution >= 4 is 34.9 Å². The Kier molecular flexibility index (Phi) is 7.13. The van der Waals surface area contributed by atoms with Crippen molar-refractivity contribution in [2.24, 2.45) is 0 Å². The van der Waals surface area contributed by atoms with E-state index in [0.29, 0.717) is 23.1 Å². The molecule has 0 fully saturated rings. The van der Waals surface area contributed by atoms with Gasteiger partial charge in [0.1, 0.15) is 5.15 Å². The van der Waals surface area contributed by atoms with E-state index in [-0.39, 0.29) is 6.42 Å². The van der Waals surface area contributed by atoms with Crippen molar-refractivity contribution < 1.29 is 9.90 Å². The fraction of sp³-hybridized carbons (Fsp3) is 0.217. The Bertz CT molecular complexity index is 1020. The van der Waals surface area contributed by atoms with Crippen LogP contribution in [0, 0.1) is 6.92 Å². The Morgan fingerprint density at radius 3 is 2.66 bits per heavy atom. The number of carbonyl (C=O) groups is 1. The highest BCUT2D eigenvalue weighted by atomic mass is 35.5. The normalized spacial score (nSPS) is 10.7. The number of hydrogen-bond acceptors (Lipinski definition) is 3. The molecule has 3 rings (SSSR count). The standard InChI is InChI=1S/C23H22Cl2N2O2/c1-15-11-22(25)27-14-19(15)18-12-16(9-10-20(18)24)13-26-21-7-3-2-5-17(21)6-4-8-23(28)29/h2-3,5,7,9-12,14,26H,4,6,8,13H2,1H3,(H,28,29). The second kappa shape index (κ2) is 9.77. The molecule has 4 nitrogen and oxygen atoms in total. The molecule has 0 aliphatic heterocycles. The molecule has 1 aromatic heterocycles. The molecule has 6 heteroatoms. The van der Waals surface area contributed by atoms with Crippen LogP contribution in [0.3, 0.4) is 0 Å². The molecule has 2 N–H and O–H groups in total. The summed E-state index contributed by atoms with van der Waals surface area (Å²) in [4.78, 5) is 14.9. The minimum Gasteiger partial charge on any atom is -0.481 e. The lowest BCUT2D eigenvalue weighted by molar-refractivity contribution is -0.137. The van der Waals surface area contributed by atoms with Gasteiger partial charge in [-0.15, -0.1) is 0 Å². The molecule has 0 aliphatic carbocycles. The van der Waals surface area contributed by atoms with Gasteiger partial charge in [0.25, 0.3) is 0 Å². The molecular formula is C23H22Cl2N2O2. The maximum Gasteiger partial charge on any atom is 0.303 e. The smallest absolute Gasteiger partial charge is 0.303 e. The van der Waals surface area contributed by atoms with Crippen LogP contribution in [0.5, 0.6) is 0 Å². The summed E-state index contributed by atoms with van der Waals surface area (Å²) in [6.07, 6.45) is 3.25. The number of benzene rings is 2. The highest BCUT2D eigenvalue weighted by Crippen LogP contribution is 2.32. The van der Waals surface area contributed by atoms with Crippen LogP contribution in [0.4, 0.5) is 5.69 Å². The molecular weight excluding hydrogens is 407 g/mol. The lowest BCUT2D eigenvalue weighted by Gasteiger charge is -2.14. The average molecular weight is 429 g/mol. The molecule has 0 unspecified atom stereocenters. The zero-order valence-electron chi connectivity index (χ0n) is 16.1. The number of pyridine rings is 1. The Morgan fingerprint density at radius 2 is 1.90 bits per heavy atom. The first-order valence-corrected chi connectivity index (χ1v) is 10.1. The maximum atomic E-state index is 10.8. The van der Waals surface area contributed by atoms with Crippen LogP contribution in [0.25, 0.3) is 11.1 Å². The van der Waals surface area contributed by atoms with Gasteiger partial charge in [-0.05, 0) is 60.7 Å². The quantitative estimate of drug-likeness (QED) is 0.408. The Balaban J connectivity index is 1.76. The second-order valence-electron chi connectivity index (χ2n) is 6.89. The van der Waals surface area contributed by atoms with Gasteiger partial charge < -0.3 is 10.4 Å². The highest BCUT2D eigenvalue weighted by molar-refractivity contribution is 6.33. The number of carboxylic acids is 1. The molecule has 0 atom stereocenters. The van der Waals surface area contributed by atoms with Crippen LogP contribution in [-0.4, -0.2) is 16.1 Å². The molecule has 0 spiro atoms. The van der Waals surface area contributed by atoms with E-state index >= 15 is 0 Å². The predicted molar refractivity (Wildman–Crippen MR) is 119 cm³/mol. The number of aromatic nitrogens is 1. The summed E-state index contributed by atoms with van der Waals surface area (Å²) in [5, 5.41) is 13.4. The van der Waals surface area contributed by atoms with E-state index in [9.17, 15) is 4.79 Å². The van der Waals surface area contributed by atoms with Crippen LogP contribution in [0.15, 0.2) is 54.7 Å². The van der Waals surface area contributed by atoms with Gasteiger partial charge in [0.05, 0.1) is 0 Å². The molecule has 0 radical (unpaired) electrons. The largest absolute Gasteiger partial charge is 0.481 e. The zero-order valence-corrected chi connectivity index (χ0v) is 17.6. The number of aliphatic carboxylic acids is 1. The van der Waals surface area contributed by atoms with Crippen LogP contribution in [-0.2, 0) is 17.8 Å². The number of anilines is 1. The third-order valence-corrected chi connectivity index (χ3v) is 5.27. The van der Waals surface area contributed by atoms with E-state index in [4.69, 9.17) is 28.3 Å². The number of hydrogen-bond donors (Lipinski definition) is 2. The molecule has 150 valence electrons. The molecule has 0 aliphatic rings. The molecule has 2 aromatic carbocycles. The summed E-state index contributed by atoms with van der Waals surface area (Å²) in [6.45, 7) is 2.61. The van der Waals surface area contributed by atoms with Crippen molar-refractivity contribution in [3.8, 4) is 11.1 Å². The first-order chi connectivity index (χ1) is 13.9. The van der Waals surface area contributed by atoms with Crippen LogP contribution < -0.4 is 5.32 Å². The van der Waals surface area contributed by atoms with Gasteiger partial charge in [0.15, 0.2) is 0 Å². The summed E-state index contributed by atoms with van der Waals surface area (Å²) in [5.74, 6) is -0.767. The van der Waals surface area contributed by atoms with E-state index in [0.717, 1.165) is 39.9 Å². The Morgan fingerprint density at radius 1 is 1.10 bits per heavy atom. The lowest BCUT2D eigenvalue weighted by atomic mass is 10.0. The van der Waals surface area contributed by atoms with E-state index in [2.05, 4.69) is 16.4 Å². The van der Waals surface area contributed by atoms with Gasteiger partial charge in [-0.25, -0.2) is 4.98 Å². The van der Waals surface area contributed by atoms with Crippen LogP contribution in [0.2, 0.25) is 10.2 Å². The maximum absolute atomic E-state index is 10.8. The topological polar surface area (TPSA) is 62.2 Å². The zero-order chi connectivity index (χ0) is 20.8. The number of aryl methyl sites for hydroxylation is 2. The summed E-state index contributed by atoms with van der Waals surface area (Å²) in [6, 6.07) is 15.7. The van der Waals surface area contributed by atoms with Gasteiger partial charge in [0, 0.05) is 41.0 Å². The molecule has 0 saturated carbocycles. The van der Waals surface area contributed by atoms with Crippen LogP contribution >= 0.6 is 23.2 Å². The van der Waals surface area contributed by atoms with Crippen molar-refractivity contribution in [2.75, 3.05) is 5.32 Å². The summed E-state index contributed by atoms with van der Waals surface area (Å²) in [5.41, 5.74) is 6.09. The van der Waals surface area contributed by atoms with Crippen molar-refractivity contribution in [2.45, 2.75) is 32.7 Å². The summed E-state index contributed by atoms with van der Waals surface area (Å²) in [7, 11) is 0. The third-order valence-electron chi connectivity index (χ3n) is 4.74. The van der Waals surface area contributed by atoms with E-state index in [1.165, 1.54) is 0 Å². The van der Waals surface area contributed by atoms with E-state index in [1.807, 2.05) is 49.4 Å². The minimum atomic E-state index is -0.767. The fourth-order valence-corrected chi connectivity index (χ4v) is 3.66. The number of nitrogens with one attached hydrogen (secondary N) is 1. The Hall–Kier alpha value is -2.56. The summed E-state index contributed by atoms with van der Waals surface area (Å²) >= 11 is 12.4. The number of para-hydroxylation sites is 1. The van der Waals surface area contributed by atoms with Crippen molar-refractivity contribution in [3.63, 3.8) is 0 Å². The van der Waals surface area contributed by atoms with Crippen molar-refractivity contribution in [1.29, 1.82) is 0 Å². The molecule has 3 aromatic rings. The first-order valence-electron chi connectivity index (χ1n) is 9.38. The predicted octanol–water partition coefficient (Wildman–Crippen LogP) is 6.38. The monoisotopic (exact) mass is 428 g/mol. The van der Waals surface area contributed by atoms with E-state index in [1.54, 1.807) is 6.20 Å². The minimum absolute atomic E-state index is 0.170. The van der Waals surface area contributed by atoms with Gasteiger partial charge in [-0.1, -0.05) is 47.5 Å². The third kappa shape index (κ3) is 5.72. The van der Waals surface area contributed by atoms with Crippen molar-refractivity contribution in [3.05, 3.63) is 81.6 Å². The number of nitrogens with zero attached hydrogens (tertiary/aromatic N) is 1. The first kappa shape index (κ1) is 21.2. The number of carboxylic acid groups (broad SMARTS) is 1. The molecule has 29 heavy (non-hydrogen) atoms. The highest BCUT2D eigenvalue weighted by Gasteiger charge is 2.10. The number of rotatable bonds is 8. The van der Waals surface area contributed by atoms with E-state index < -0.39 is 5.97 Å². The van der Waals surface area contributed by atoms with Crippen molar-refractivity contribution in [1.82, 2.24) is 4.98 Å².